The van der Waals surface area contributed by atoms with Crippen molar-refractivity contribution in [3.05, 3.63) is 241 Å². The lowest BCUT2D eigenvalue weighted by molar-refractivity contribution is 0.569. The molecule has 0 atom stereocenters. The van der Waals surface area contributed by atoms with Gasteiger partial charge >= 0.3 is 0 Å². The number of pyridine rings is 1. The summed E-state index contributed by atoms with van der Waals surface area (Å²) in [5.41, 5.74) is 30.4. The molecule has 414 valence electrons. The van der Waals surface area contributed by atoms with Crippen molar-refractivity contribution in [1.29, 1.82) is 0 Å². The maximum absolute atomic E-state index is 5.71. The maximum Gasteiger partial charge on any atom is 0.252 e. The average molecular weight is 1100 g/mol. The number of rotatable bonds is 6. The summed E-state index contributed by atoms with van der Waals surface area (Å²) in [6.45, 7) is 27.6. The third-order valence-electron chi connectivity index (χ3n) is 18.7. The van der Waals surface area contributed by atoms with Crippen LogP contribution in [0.4, 0.5) is 0 Å². The fourth-order valence-corrected chi connectivity index (χ4v) is 13.9. The number of hydrogen-bond acceptors (Lipinski definition) is 1. The van der Waals surface area contributed by atoms with Crippen molar-refractivity contribution in [2.45, 2.75) is 105 Å². The number of nitrogens with zero attached hydrogens (tertiary/aromatic N) is 3. The van der Waals surface area contributed by atoms with Crippen molar-refractivity contribution in [2.24, 2.45) is 0 Å². The van der Waals surface area contributed by atoms with E-state index in [-0.39, 0.29) is 28.4 Å². The van der Waals surface area contributed by atoms with Gasteiger partial charge in [-0.2, -0.15) is 0 Å². The summed E-state index contributed by atoms with van der Waals surface area (Å²) in [6, 6.07) is 83.7. The number of hydrogen-bond donors (Lipinski definition) is 0. The molecule has 0 bridgehead atoms. The maximum atomic E-state index is 5.71. The number of aromatic nitrogens is 3. The van der Waals surface area contributed by atoms with Crippen LogP contribution in [0.15, 0.2) is 218 Å². The van der Waals surface area contributed by atoms with Crippen LogP contribution in [0.25, 0.3) is 122 Å². The van der Waals surface area contributed by atoms with Gasteiger partial charge in [-0.3, -0.25) is 0 Å². The smallest absolute Gasteiger partial charge is 0.252 e. The fourth-order valence-electron chi connectivity index (χ4n) is 13.9. The first-order chi connectivity index (χ1) is 40.6. The summed E-state index contributed by atoms with van der Waals surface area (Å²) >= 11 is 0. The van der Waals surface area contributed by atoms with E-state index in [0.717, 1.165) is 22.5 Å². The second-order valence-corrected chi connectivity index (χ2v) is 28.5. The van der Waals surface area contributed by atoms with E-state index in [4.69, 9.17) is 4.98 Å². The van der Waals surface area contributed by atoms with Gasteiger partial charge in [-0.15, -0.1) is 0 Å². The lowest BCUT2D eigenvalue weighted by atomic mass is 9.34. The van der Waals surface area contributed by atoms with Crippen LogP contribution in [0.1, 0.15) is 105 Å². The molecule has 15 rings (SSSR count). The molecule has 4 heteroatoms. The third-order valence-corrected chi connectivity index (χ3v) is 18.7. The Hall–Kier alpha value is -8.99. The Labute approximate surface area is 501 Å². The van der Waals surface area contributed by atoms with E-state index in [1.807, 2.05) is 0 Å². The standard InChI is InChI=1S/C81H72BN3/c1-78(2,3)59-32-26-51(27-33-59)55-42-65-63-40-53(49-20-15-13-16-21-49)30-36-71(63)84-73-46-58(70-25-19-24-69(83-70)57-38-61(80(7,8)9)48-62(39-57)81(10,11)12)47-74-75(73)82(67(44-55)76(65)84)68-45-56(52-28-34-60(35-29-52)79(4,5)6)43-66-64-41-54(50-22-17-14-18-23-50)31-37-72(64)85(74)77(66)68/h13-48H,1-12H3. The quantitative estimate of drug-likeness (QED) is 0.152. The minimum Gasteiger partial charge on any atom is -0.310 e. The minimum absolute atomic E-state index is 0.0323. The van der Waals surface area contributed by atoms with Crippen LogP contribution in [-0.2, 0) is 21.7 Å². The SMILES string of the molecule is CC(C)(C)c1ccc(-c2cc3c4c(c2)c2cc(-c5ccccc5)ccc2n4-c2cc(-c4cccc(-c5cc(C(C)(C)C)cc(C(C)(C)C)c5)n4)cc4c2B3c2cc(-c3ccc(C(C)(C)C)cc3)cc3c5cc(-c6ccccc6)ccc5n-4c23)cc1. The van der Waals surface area contributed by atoms with E-state index in [1.54, 1.807) is 0 Å². The van der Waals surface area contributed by atoms with Crippen LogP contribution >= 0.6 is 0 Å². The van der Waals surface area contributed by atoms with Crippen LogP contribution in [-0.4, -0.2) is 20.8 Å². The molecule has 0 unspecified atom stereocenters. The normalized spacial score (nSPS) is 13.2. The molecule has 2 aliphatic heterocycles. The minimum atomic E-state index is -0.113. The van der Waals surface area contributed by atoms with E-state index < -0.39 is 0 Å². The predicted molar refractivity (Wildman–Crippen MR) is 365 cm³/mol. The first-order valence-corrected chi connectivity index (χ1v) is 30.5. The summed E-state index contributed by atoms with van der Waals surface area (Å²) in [5.74, 6) is 0. The van der Waals surface area contributed by atoms with Crippen LogP contribution in [0.2, 0.25) is 0 Å². The highest BCUT2D eigenvalue weighted by molar-refractivity contribution is 7.00. The predicted octanol–water partition coefficient (Wildman–Crippen LogP) is 19.6. The molecule has 0 N–H and O–H groups in total. The largest absolute Gasteiger partial charge is 0.310 e. The van der Waals surface area contributed by atoms with Crippen molar-refractivity contribution < 1.29 is 0 Å². The molecule has 0 amide bonds. The fraction of sp³-hybridized carbons (Fsp3) is 0.198. The van der Waals surface area contributed by atoms with Gasteiger partial charge in [0.1, 0.15) is 0 Å². The van der Waals surface area contributed by atoms with Gasteiger partial charge in [0, 0.05) is 55.1 Å². The van der Waals surface area contributed by atoms with Gasteiger partial charge < -0.3 is 9.13 Å². The Morgan fingerprint density at radius 2 is 0.647 bits per heavy atom. The second kappa shape index (κ2) is 18.8. The summed E-state index contributed by atoms with van der Waals surface area (Å²) in [5, 5.41) is 5.01. The molecule has 3 nitrogen and oxygen atoms in total. The van der Waals surface area contributed by atoms with Crippen molar-refractivity contribution in [3.8, 4) is 78.4 Å². The Bertz CT molecular complexity index is 4590. The summed E-state index contributed by atoms with van der Waals surface area (Å²) < 4.78 is 5.26. The molecule has 0 spiro atoms. The first-order valence-electron chi connectivity index (χ1n) is 30.5. The first kappa shape index (κ1) is 52.8. The molecular weight excluding hydrogens is 1030 g/mol. The Morgan fingerprint density at radius 3 is 1.05 bits per heavy atom. The number of benzene rings is 10. The van der Waals surface area contributed by atoms with Crippen molar-refractivity contribution >= 4 is 66.7 Å². The lowest BCUT2D eigenvalue weighted by Gasteiger charge is -2.34. The average Bonchev–Trinajstić information content (AvgIpc) is 1.70. The third kappa shape index (κ3) is 8.65. The highest BCUT2D eigenvalue weighted by Crippen LogP contribution is 2.45. The van der Waals surface area contributed by atoms with Crippen LogP contribution in [0, 0.1) is 0 Å². The molecule has 0 fully saturated rings. The van der Waals surface area contributed by atoms with Gasteiger partial charge in [0.15, 0.2) is 0 Å². The Balaban J connectivity index is 1.07. The monoisotopic (exact) mass is 1100 g/mol. The topological polar surface area (TPSA) is 22.8 Å². The zero-order valence-electron chi connectivity index (χ0n) is 51.2. The number of fused-ring (bicyclic) bond motifs is 10. The molecule has 10 aromatic carbocycles. The van der Waals surface area contributed by atoms with Crippen molar-refractivity contribution in [2.75, 3.05) is 0 Å². The van der Waals surface area contributed by atoms with Crippen molar-refractivity contribution in [1.82, 2.24) is 14.1 Å². The summed E-state index contributed by atoms with van der Waals surface area (Å²) in [4.78, 5) is 5.71. The van der Waals surface area contributed by atoms with Gasteiger partial charge in [-0.1, -0.05) is 229 Å². The highest BCUT2D eigenvalue weighted by Gasteiger charge is 2.42. The molecule has 0 radical (unpaired) electrons. The highest BCUT2D eigenvalue weighted by atomic mass is 15.0. The van der Waals surface area contributed by atoms with Crippen LogP contribution < -0.4 is 16.4 Å². The van der Waals surface area contributed by atoms with Gasteiger partial charge in [-0.05, 0) is 178 Å². The van der Waals surface area contributed by atoms with E-state index in [0.29, 0.717) is 0 Å². The van der Waals surface area contributed by atoms with E-state index >= 15 is 0 Å². The van der Waals surface area contributed by atoms with Gasteiger partial charge in [0.2, 0.25) is 0 Å². The zero-order chi connectivity index (χ0) is 58.6. The molecule has 5 heterocycles. The molecule has 0 saturated carbocycles. The van der Waals surface area contributed by atoms with Gasteiger partial charge in [0.05, 0.1) is 22.4 Å². The summed E-state index contributed by atoms with van der Waals surface area (Å²) in [7, 11) is 0. The molecule has 85 heavy (non-hydrogen) atoms. The van der Waals surface area contributed by atoms with E-state index in [2.05, 4.69) is 311 Å². The van der Waals surface area contributed by atoms with E-state index in [1.165, 1.54) is 138 Å². The molecule has 2 aliphatic rings. The van der Waals surface area contributed by atoms with Gasteiger partial charge in [0.25, 0.3) is 6.71 Å². The van der Waals surface area contributed by atoms with Crippen LogP contribution in [0.5, 0.6) is 0 Å². The van der Waals surface area contributed by atoms with Crippen molar-refractivity contribution in [3.63, 3.8) is 0 Å². The second-order valence-electron chi connectivity index (χ2n) is 28.5. The molecule has 0 aliphatic carbocycles. The van der Waals surface area contributed by atoms with E-state index in [9.17, 15) is 0 Å². The molecule has 0 saturated heterocycles. The Kier molecular flexibility index (Phi) is 11.6. The molecule has 3 aromatic heterocycles. The Morgan fingerprint density at radius 1 is 0.282 bits per heavy atom. The lowest BCUT2D eigenvalue weighted by Crippen LogP contribution is -2.59. The zero-order valence-corrected chi connectivity index (χ0v) is 51.2. The molecule has 13 aromatic rings. The summed E-state index contributed by atoms with van der Waals surface area (Å²) in [6.07, 6.45) is 0. The van der Waals surface area contributed by atoms with Crippen LogP contribution in [0.3, 0.4) is 0 Å². The van der Waals surface area contributed by atoms with Gasteiger partial charge in [-0.25, -0.2) is 4.98 Å². The molecular formula is C81H72BN3.